The van der Waals surface area contributed by atoms with Crippen LogP contribution < -0.4 is 0 Å². The first-order valence-electron chi connectivity index (χ1n) is 10.0. The molecule has 0 unspecified atom stereocenters. The van der Waals surface area contributed by atoms with Crippen molar-refractivity contribution in [1.82, 2.24) is 0 Å². The first kappa shape index (κ1) is 22.9. The molecule has 0 spiro atoms. The van der Waals surface area contributed by atoms with Gasteiger partial charge in [-0.05, 0) is 51.0 Å². The van der Waals surface area contributed by atoms with Crippen LogP contribution in [0.1, 0.15) is 43.2 Å². The summed E-state index contributed by atoms with van der Waals surface area (Å²) >= 11 is 0. The summed E-state index contributed by atoms with van der Waals surface area (Å²) in [5, 5.41) is 0. The monoisotopic (exact) mass is 452 g/mol. The van der Waals surface area contributed by atoms with Crippen molar-refractivity contribution >= 4 is 20.2 Å². The Kier molecular flexibility index (Phi) is 7.02. The number of hydrogen-bond donors (Lipinski definition) is 0. The molecule has 1 aliphatic rings. The number of aryl methyl sites for hydroxylation is 2. The molecule has 0 atom stereocenters. The number of hydrogen-bond acceptors (Lipinski definition) is 6. The van der Waals surface area contributed by atoms with E-state index in [1.165, 1.54) is 24.3 Å². The zero-order valence-corrected chi connectivity index (χ0v) is 19.0. The summed E-state index contributed by atoms with van der Waals surface area (Å²) in [7, 11) is -7.86. The predicted molar refractivity (Wildman–Crippen MR) is 114 cm³/mol. The molecule has 3 rings (SSSR count). The summed E-state index contributed by atoms with van der Waals surface area (Å²) in [6, 6.07) is 12.9. The van der Waals surface area contributed by atoms with Gasteiger partial charge in [-0.3, -0.25) is 8.37 Å². The lowest BCUT2D eigenvalue weighted by Gasteiger charge is -2.36. The molecule has 2 aromatic carbocycles. The van der Waals surface area contributed by atoms with Gasteiger partial charge in [0, 0.05) is 5.41 Å². The summed E-state index contributed by atoms with van der Waals surface area (Å²) in [6.45, 7) is 3.54. The fourth-order valence-corrected chi connectivity index (χ4v) is 5.60. The molecular formula is C22H28O6S2. The van der Waals surface area contributed by atoms with Crippen molar-refractivity contribution in [3.05, 3.63) is 59.7 Å². The van der Waals surface area contributed by atoms with Gasteiger partial charge in [-0.15, -0.1) is 0 Å². The fraction of sp³-hybridized carbons (Fsp3) is 0.455. The van der Waals surface area contributed by atoms with Crippen LogP contribution in [0.25, 0.3) is 0 Å². The SMILES string of the molecule is Cc1ccc(S(=O)(=O)OCC2(COS(=O)(=O)c3ccc(C)cc3)CCCCC2)cc1. The Morgan fingerprint density at radius 1 is 0.667 bits per heavy atom. The van der Waals surface area contributed by atoms with E-state index in [0.29, 0.717) is 12.8 Å². The minimum absolute atomic E-state index is 0.0901. The smallest absolute Gasteiger partial charge is 0.266 e. The number of rotatable bonds is 8. The zero-order chi connectivity index (χ0) is 21.8. The molecule has 164 valence electrons. The van der Waals surface area contributed by atoms with Gasteiger partial charge < -0.3 is 0 Å². The molecule has 0 aliphatic heterocycles. The molecule has 0 radical (unpaired) electrons. The van der Waals surface area contributed by atoms with E-state index in [-0.39, 0.29) is 23.0 Å². The van der Waals surface area contributed by atoms with Gasteiger partial charge in [0.05, 0.1) is 23.0 Å². The molecule has 0 N–H and O–H groups in total. The largest absolute Gasteiger partial charge is 0.296 e. The topological polar surface area (TPSA) is 86.7 Å². The normalized spacial score (nSPS) is 17.0. The van der Waals surface area contributed by atoms with Crippen LogP contribution in [0.5, 0.6) is 0 Å². The van der Waals surface area contributed by atoms with Crippen molar-refractivity contribution < 1.29 is 25.2 Å². The van der Waals surface area contributed by atoms with Crippen LogP contribution in [0.3, 0.4) is 0 Å². The highest BCUT2D eigenvalue weighted by molar-refractivity contribution is 7.87. The summed E-state index contributed by atoms with van der Waals surface area (Å²) in [6.07, 6.45) is 4.08. The van der Waals surface area contributed by atoms with Crippen LogP contribution in [0, 0.1) is 19.3 Å². The van der Waals surface area contributed by atoms with E-state index in [2.05, 4.69) is 0 Å². The summed E-state index contributed by atoms with van der Waals surface area (Å²) in [5.74, 6) is 0. The van der Waals surface area contributed by atoms with Crippen molar-refractivity contribution in [3.63, 3.8) is 0 Å². The highest BCUT2D eigenvalue weighted by Crippen LogP contribution is 2.38. The Morgan fingerprint density at radius 3 is 1.40 bits per heavy atom. The molecule has 1 aliphatic carbocycles. The lowest BCUT2D eigenvalue weighted by Crippen LogP contribution is -2.36. The van der Waals surface area contributed by atoms with E-state index in [9.17, 15) is 16.8 Å². The molecule has 0 bridgehead atoms. The molecule has 1 saturated carbocycles. The molecule has 8 heteroatoms. The molecule has 0 saturated heterocycles. The van der Waals surface area contributed by atoms with Crippen molar-refractivity contribution in [1.29, 1.82) is 0 Å². The Morgan fingerprint density at radius 2 is 1.03 bits per heavy atom. The van der Waals surface area contributed by atoms with Crippen LogP contribution in [0.4, 0.5) is 0 Å². The van der Waals surface area contributed by atoms with Crippen LogP contribution in [0.15, 0.2) is 58.3 Å². The van der Waals surface area contributed by atoms with Gasteiger partial charge in [-0.2, -0.15) is 16.8 Å². The van der Waals surface area contributed by atoms with E-state index in [0.717, 1.165) is 30.4 Å². The molecule has 0 heterocycles. The maximum Gasteiger partial charge on any atom is 0.296 e. The van der Waals surface area contributed by atoms with Crippen molar-refractivity contribution in [2.75, 3.05) is 13.2 Å². The van der Waals surface area contributed by atoms with Crippen LogP contribution in [-0.2, 0) is 28.6 Å². The van der Waals surface area contributed by atoms with Crippen molar-refractivity contribution in [2.45, 2.75) is 55.7 Å². The lowest BCUT2D eigenvalue weighted by atomic mass is 9.75. The quantitative estimate of drug-likeness (QED) is 0.553. The van der Waals surface area contributed by atoms with Gasteiger partial charge in [-0.1, -0.05) is 54.7 Å². The van der Waals surface area contributed by atoms with Crippen LogP contribution >= 0.6 is 0 Å². The van der Waals surface area contributed by atoms with E-state index in [4.69, 9.17) is 8.37 Å². The lowest BCUT2D eigenvalue weighted by molar-refractivity contribution is 0.0489. The minimum Gasteiger partial charge on any atom is -0.266 e. The molecule has 1 fully saturated rings. The fourth-order valence-electron chi connectivity index (χ4n) is 3.58. The van der Waals surface area contributed by atoms with Gasteiger partial charge in [0.1, 0.15) is 0 Å². The Balaban J connectivity index is 1.73. The van der Waals surface area contributed by atoms with Crippen LogP contribution in [-0.4, -0.2) is 30.0 Å². The highest BCUT2D eigenvalue weighted by Gasteiger charge is 2.36. The molecule has 6 nitrogen and oxygen atoms in total. The Hall–Kier alpha value is -1.74. The average molecular weight is 453 g/mol. The zero-order valence-electron chi connectivity index (χ0n) is 17.3. The molecule has 0 amide bonds. The standard InChI is InChI=1S/C22H28O6S2/c1-18-6-10-20(11-7-18)29(23,24)27-16-22(14-4-3-5-15-22)17-28-30(25,26)21-12-8-19(2)9-13-21/h6-13H,3-5,14-17H2,1-2H3. The van der Waals surface area contributed by atoms with Gasteiger partial charge in [0.2, 0.25) is 0 Å². The predicted octanol–water partition coefficient (Wildman–Crippen LogP) is 4.36. The highest BCUT2D eigenvalue weighted by atomic mass is 32.2. The van der Waals surface area contributed by atoms with Gasteiger partial charge in [-0.25, -0.2) is 0 Å². The van der Waals surface area contributed by atoms with Gasteiger partial charge in [0.15, 0.2) is 0 Å². The minimum atomic E-state index is -3.93. The second-order valence-electron chi connectivity index (χ2n) is 8.12. The number of benzene rings is 2. The van der Waals surface area contributed by atoms with Gasteiger partial charge in [0.25, 0.3) is 20.2 Å². The Bertz CT molecular complexity index is 968. The Labute approximate surface area is 179 Å². The molecular weight excluding hydrogens is 424 g/mol. The first-order valence-corrected chi connectivity index (χ1v) is 12.9. The van der Waals surface area contributed by atoms with E-state index < -0.39 is 25.7 Å². The van der Waals surface area contributed by atoms with Crippen LogP contribution in [0.2, 0.25) is 0 Å². The molecule has 0 aromatic heterocycles. The first-order chi connectivity index (χ1) is 14.1. The van der Waals surface area contributed by atoms with Crippen molar-refractivity contribution in [2.24, 2.45) is 5.41 Å². The van der Waals surface area contributed by atoms with E-state index in [1.807, 2.05) is 13.8 Å². The van der Waals surface area contributed by atoms with E-state index in [1.54, 1.807) is 24.3 Å². The summed E-state index contributed by atoms with van der Waals surface area (Å²) < 4.78 is 61.2. The summed E-state index contributed by atoms with van der Waals surface area (Å²) in [4.78, 5) is 0.180. The molecule has 2 aromatic rings. The molecule has 30 heavy (non-hydrogen) atoms. The second kappa shape index (κ2) is 9.18. The maximum atomic E-state index is 12.6. The third-order valence-corrected chi connectivity index (χ3v) is 8.13. The third-order valence-electron chi connectivity index (χ3n) is 5.57. The summed E-state index contributed by atoms with van der Waals surface area (Å²) in [5.41, 5.74) is 1.24. The van der Waals surface area contributed by atoms with Crippen molar-refractivity contribution in [3.8, 4) is 0 Å². The van der Waals surface area contributed by atoms with Gasteiger partial charge >= 0.3 is 0 Å². The average Bonchev–Trinajstić information content (AvgIpc) is 2.73. The third kappa shape index (κ3) is 5.69. The maximum absolute atomic E-state index is 12.6. The van der Waals surface area contributed by atoms with E-state index >= 15 is 0 Å². The second-order valence-corrected chi connectivity index (χ2v) is 11.4.